The lowest BCUT2D eigenvalue weighted by atomic mass is 9.67. The van der Waals surface area contributed by atoms with Crippen molar-refractivity contribution in [3.8, 4) is 11.1 Å². The Bertz CT molecular complexity index is 2690. The van der Waals surface area contributed by atoms with E-state index < -0.39 is 5.41 Å². The van der Waals surface area contributed by atoms with Crippen molar-refractivity contribution in [1.29, 1.82) is 0 Å². The third-order valence-electron chi connectivity index (χ3n) is 13.3. The lowest BCUT2D eigenvalue weighted by Gasteiger charge is -2.38. The minimum atomic E-state index is -0.581. The van der Waals surface area contributed by atoms with Crippen LogP contribution in [0.25, 0.3) is 11.1 Å². The van der Waals surface area contributed by atoms with Crippen molar-refractivity contribution in [3.05, 3.63) is 236 Å². The van der Waals surface area contributed by atoms with E-state index in [9.17, 15) is 0 Å². The molecular weight excluding hydrogens is 713 g/mol. The molecule has 59 heavy (non-hydrogen) atoms. The van der Waals surface area contributed by atoms with E-state index in [0.29, 0.717) is 0 Å². The average Bonchev–Trinajstić information content (AvgIpc) is 3.51. The second-order valence-electron chi connectivity index (χ2n) is 17.5. The molecule has 0 atom stereocenters. The largest absolute Gasteiger partial charge is 0.310 e. The smallest absolute Gasteiger partial charge is 0.0715 e. The van der Waals surface area contributed by atoms with Crippen molar-refractivity contribution in [2.24, 2.45) is 0 Å². The molecule has 0 amide bonds. The number of rotatable bonds is 4. The maximum absolute atomic E-state index is 2.52. The summed E-state index contributed by atoms with van der Waals surface area (Å²) >= 11 is 0. The van der Waals surface area contributed by atoms with Gasteiger partial charge < -0.3 is 9.80 Å². The molecule has 0 bridgehead atoms. The molecule has 0 saturated carbocycles. The molecule has 2 aliphatic heterocycles. The highest BCUT2D eigenvalue weighted by atomic mass is 15.2. The van der Waals surface area contributed by atoms with Gasteiger partial charge in [0.05, 0.1) is 5.41 Å². The summed E-state index contributed by atoms with van der Waals surface area (Å²) in [5.41, 5.74) is 27.7. The van der Waals surface area contributed by atoms with E-state index in [0.717, 1.165) is 12.8 Å². The van der Waals surface area contributed by atoms with Gasteiger partial charge in [-0.1, -0.05) is 143 Å². The number of anilines is 6. The summed E-state index contributed by atoms with van der Waals surface area (Å²) in [6, 6.07) is 61.1. The molecule has 1 aliphatic carbocycles. The van der Waals surface area contributed by atoms with E-state index in [1.165, 1.54) is 123 Å². The summed E-state index contributed by atoms with van der Waals surface area (Å²) in [6.45, 7) is 13.2. The lowest BCUT2D eigenvalue weighted by molar-refractivity contribution is 0.767. The monoisotopic (exact) mass is 760 g/mol. The molecule has 11 rings (SSSR count). The van der Waals surface area contributed by atoms with Gasteiger partial charge in [-0.05, 0) is 146 Å². The average molecular weight is 761 g/mol. The first-order valence-corrected chi connectivity index (χ1v) is 21.1. The van der Waals surface area contributed by atoms with Gasteiger partial charge in [0.25, 0.3) is 0 Å². The second kappa shape index (κ2) is 13.2. The van der Waals surface area contributed by atoms with Crippen molar-refractivity contribution >= 4 is 34.1 Å². The van der Waals surface area contributed by atoms with Crippen LogP contribution in [0.15, 0.2) is 158 Å². The summed E-state index contributed by atoms with van der Waals surface area (Å²) < 4.78 is 0. The van der Waals surface area contributed by atoms with Gasteiger partial charge in [-0.25, -0.2) is 0 Å². The maximum Gasteiger partial charge on any atom is 0.0715 e. The zero-order valence-electron chi connectivity index (χ0n) is 34.8. The Kier molecular flexibility index (Phi) is 7.94. The van der Waals surface area contributed by atoms with E-state index in [1.54, 1.807) is 0 Å². The van der Waals surface area contributed by atoms with Crippen LogP contribution >= 0.6 is 0 Å². The molecule has 0 unspecified atom stereocenters. The Hall–Kier alpha value is -6.64. The third-order valence-corrected chi connectivity index (χ3v) is 13.3. The van der Waals surface area contributed by atoms with Crippen LogP contribution in [0.3, 0.4) is 0 Å². The lowest BCUT2D eigenvalue weighted by Crippen LogP contribution is -2.29. The van der Waals surface area contributed by atoms with E-state index in [1.807, 2.05) is 0 Å². The SMILES string of the molecule is Cc1ccc(C2(c3ccc(C)cc3)c3cc(N4c5ccc(C)cc5Cc5cc(C)ccc54)ccc3-c3ccc(N4c5ccc(C)cc5Cc5cc(C)ccc54)cc32)cc1. The Morgan fingerprint density at radius 1 is 0.322 bits per heavy atom. The molecule has 8 aromatic rings. The van der Waals surface area contributed by atoms with Crippen LogP contribution in [-0.2, 0) is 18.3 Å². The first-order chi connectivity index (χ1) is 28.6. The zero-order chi connectivity index (χ0) is 40.2. The zero-order valence-corrected chi connectivity index (χ0v) is 34.8. The van der Waals surface area contributed by atoms with Gasteiger partial charge in [0, 0.05) is 47.0 Å². The standard InChI is InChI=1S/C57H48N2/c1-35-7-15-45(16-8-35)57(46-17-9-36(2)10-18-46)51-33-47(58-53-23-11-37(3)27-41(53)31-42-28-38(4)12-24-54(42)58)19-21-49(51)50-22-20-48(34-52(50)57)59-55-25-13-39(5)29-43(55)32-44-30-40(6)14-26-56(44)59/h7-30,33-34H,31-32H2,1-6H3. The molecule has 0 fully saturated rings. The molecule has 2 heterocycles. The first-order valence-electron chi connectivity index (χ1n) is 21.1. The molecule has 0 radical (unpaired) electrons. The van der Waals surface area contributed by atoms with Crippen molar-refractivity contribution in [3.63, 3.8) is 0 Å². The molecule has 3 aliphatic rings. The molecule has 286 valence electrons. The Labute approximate surface area is 349 Å². The number of fused-ring (bicyclic) bond motifs is 7. The number of hydrogen-bond donors (Lipinski definition) is 0. The molecule has 8 aromatic carbocycles. The van der Waals surface area contributed by atoms with Crippen molar-refractivity contribution in [2.75, 3.05) is 9.80 Å². The van der Waals surface area contributed by atoms with Gasteiger partial charge in [0.2, 0.25) is 0 Å². The van der Waals surface area contributed by atoms with Gasteiger partial charge in [-0.15, -0.1) is 0 Å². The Balaban J connectivity index is 1.20. The summed E-state index contributed by atoms with van der Waals surface area (Å²) in [4.78, 5) is 5.03. The fourth-order valence-corrected chi connectivity index (χ4v) is 10.5. The third kappa shape index (κ3) is 5.46. The fourth-order valence-electron chi connectivity index (χ4n) is 10.5. The van der Waals surface area contributed by atoms with Gasteiger partial charge in [0.15, 0.2) is 0 Å². The van der Waals surface area contributed by atoms with Gasteiger partial charge >= 0.3 is 0 Å². The topological polar surface area (TPSA) is 6.48 Å². The first kappa shape index (κ1) is 35.5. The summed E-state index contributed by atoms with van der Waals surface area (Å²) in [7, 11) is 0. The van der Waals surface area contributed by atoms with E-state index in [4.69, 9.17) is 0 Å². The van der Waals surface area contributed by atoms with Crippen LogP contribution < -0.4 is 9.80 Å². The molecular formula is C57H48N2. The molecule has 0 spiro atoms. The summed E-state index contributed by atoms with van der Waals surface area (Å²) in [5, 5.41) is 0. The van der Waals surface area contributed by atoms with Gasteiger partial charge in [-0.3, -0.25) is 0 Å². The van der Waals surface area contributed by atoms with E-state index in [-0.39, 0.29) is 0 Å². The summed E-state index contributed by atoms with van der Waals surface area (Å²) in [5.74, 6) is 0. The number of benzene rings is 8. The van der Waals surface area contributed by atoms with E-state index in [2.05, 4.69) is 209 Å². The highest BCUT2D eigenvalue weighted by molar-refractivity contribution is 5.93. The molecule has 0 saturated heterocycles. The van der Waals surface area contributed by atoms with Crippen molar-refractivity contribution in [2.45, 2.75) is 59.8 Å². The van der Waals surface area contributed by atoms with Gasteiger partial charge in [-0.2, -0.15) is 0 Å². The Morgan fingerprint density at radius 2 is 0.627 bits per heavy atom. The highest BCUT2D eigenvalue weighted by Crippen LogP contribution is 2.59. The van der Waals surface area contributed by atoms with E-state index >= 15 is 0 Å². The molecule has 2 nitrogen and oxygen atoms in total. The van der Waals surface area contributed by atoms with Gasteiger partial charge in [0.1, 0.15) is 0 Å². The van der Waals surface area contributed by atoms with Crippen molar-refractivity contribution in [1.82, 2.24) is 0 Å². The van der Waals surface area contributed by atoms with Crippen molar-refractivity contribution < 1.29 is 0 Å². The van der Waals surface area contributed by atoms with Crippen LogP contribution in [0.4, 0.5) is 34.1 Å². The number of aryl methyl sites for hydroxylation is 6. The normalized spacial score (nSPS) is 14.2. The van der Waals surface area contributed by atoms with Crippen LogP contribution in [0.5, 0.6) is 0 Å². The Morgan fingerprint density at radius 3 is 0.949 bits per heavy atom. The number of hydrogen-bond acceptors (Lipinski definition) is 2. The molecule has 0 N–H and O–H groups in total. The molecule has 2 heteroatoms. The number of nitrogens with zero attached hydrogens (tertiary/aromatic N) is 2. The highest BCUT2D eigenvalue weighted by Gasteiger charge is 2.47. The predicted molar refractivity (Wildman–Crippen MR) is 247 cm³/mol. The predicted octanol–water partition coefficient (Wildman–Crippen LogP) is 14.6. The second-order valence-corrected chi connectivity index (χ2v) is 17.5. The molecule has 0 aromatic heterocycles. The fraction of sp³-hybridized carbons (Fsp3) is 0.158. The quantitative estimate of drug-likeness (QED) is 0.176. The van der Waals surface area contributed by atoms with Crippen LogP contribution in [0, 0.1) is 41.5 Å². The maximum atomic E-state index is 2.52. The van der Waals surface area contributed by atoms with Crippen LogP contribution in [0.2, 0.25) is 0 Å². The summed E-state index contributed by atoms with van der Waals surface area (Å²) in [6.07, 6.45) is 1.87. The minimum Gasteiger partial charge on any atom is -0.310 e. The van der Waals surface area contributed by atoms with Crippen LogP contribution in [0.1, 0.15) is 77.9 Å². The minimum absolute atomic E-state index is 0.581. The van der Waals surface area contributed by atoms with Crippen LogP contribution in [-0.4, -0.2) is 0 Å².